The SMILES string of the molecule is CC(C)N1CCC(N2CCN(c3cnccn3)C[C@H]2CCO)CC1. The number of rotatable bonds is 5. The van der Waals surface area contributed by atoms with Crippen molar-refractivity contribution in [2.75, 3.05) is 44.2 Å². The number of aliphatic hydroxyl groups is 1. The number of nitrogens with zero attached hydrogens (tertiary/aromatic N) is 5. The van der Waals surface area contributed by atoms with Crippen molar-refractivity contribution in [3.8, 4) is 0 Å². The molecular weight excluding hydrogens is 302 g/mol. The van der Waals surface area contributed by atoms with Crippen molar-refractivity contribution in [3.63, 3.8) is 0 Å². The van der Waals surface area contributed by atoms with Crippen LogP contribution in [0.5, 0.6) is 0 Å². The van der Waals surface area contributed by atoms with Crippen LogP contribution in [0, 0.1) is 0 Å². The number of aliphatic hydroxyl groups excluding tert-OH is 1. The fraction of sp³-hybridized carbons (Fsp3) is 0.778. The second kappa shape index (κ2) is 8.23. The summed E-state index contributed by atoms with van der Waals surface area (Å²) in [7, 11) is 0. The van der Waals surface area contributed by atoms with Crippen LogP contribution in [0.15, 0.2) is 18.6 Å². The molecule has 6 nitrogen and oxygen atoms in total. The normalized spacial score (nSPS) is 24.7. The van der Waals surface area contributed by atoms with E-state index in [9.17, 15) is 5.11 Å². The summed E-state index contributed by atoms with van der Waals surface area (Å²) in [6.07, 6.45) is 8.63. The molecule has 24 heavy (non-hydrogen) atoms. The van der Waals surface area contributed by atoms with Gasteiger partial charge in [-0.15, -0.1) is 0 Å². The van der Waals surface area contributed by atoms with Gasteiger partial charge in [0, 0.05) is 56.8 Å². The number of hydrogen-bond donors (Lipinski definition) is 1. The Balaban J connectivity index is 1.62. The molecule has 134 valence electrons. The smallest absolute Gasteiger partial charge is 0.147 e. The van der Waals surface area contributed by atoms with E-state index in [0.29, 0.717) is 18.1 Å². The zero-order chi connectivity index (χ0) is 16.9. The van der Waals surface area contributed by atoms with Gasteiger partial charge in [-0.2, -0.15) is 0 Å². The van der Waals surface area contributed by atoms with E-state index in [1.54, 1.807) is 12.4 Å². The Hall–Kier alpha value is -1.24. The Kier molecular flexibility index (Phi) is 6.03. The molecule has 1 N–H and O–H groups in total. The first-order chi connectivity index (χ1) is 11.7. The minimum absolute atomic E-state index is 0.250. The maximum Gasteiger partial charge on any atom is 0.147 e. The molecule has 3 heterocycles. The highest BCUT2D eigenvalue weighted by Crippen LogP contribution is 2.25. The van der Waals surface area contributed by atoms with E-state index in [1.165, 1.54) is 25.9 Å². The standard InChI is InChI=1S/C18H31N5O/c1-15(2)21-8-3-16(4-9-21)23-11-10-22(14-17(23)5-12-24)18-13-19-6-7-20-18/h6-7,13,15-17,24H,3-5,8-12,14H2,1-2H3/t17-/m1/s1. The van der Waals surface area contributed by atoms with Gasteiger partial charge in [-0.05, 0) is 46.2 Å². The fourth-order valence-corrected chi connectivity index (χ4v) is 4.15. The first kappa shape index (κ1) is 17.6. The van der Waals surface area contributed by atoms with Crippen molar-refractivity contribution in [3.05, 3.63) is 18.6 Å². The zero-order valence-corrected chi connectivity index (χ0v) is 15.0. The van der Waals surface area contributed by atoms with Gasteiger partial charge in [0.05, 0.1) is 6.20 Å². The summed E-state index contributed by atoms with van der Waals surface area (Å²) in [6, 6.07) is 1.70. The lowest BCUT2D eigenvalue weighted by Crippen LogP contribution is -2.59. The molecule has 1 atom stereocenters. The topological polar surface area (TPSA) is 55.7 Å². The maximum absolute atomic E-state index is 9.52. The van der Waals surface area contributed by atoms with Gasteiger partial charge in [-0.3, -0.25) is 9.88 Å². The third kappa shape index (κ3) is 4.05. The highest BCUT2D eigenvalue weighted by molar-refractivity contribution is 5.36. The van der Waals surface area contributed by atoms with Crippen molar-refractivity contribution in [1.82, 2.24) is 19.8 Å². The molecule has 0 aliphatic carbocycles. The number of likely N-dealkylation sites (tertiary alicyclic amines) is 1. The minimum atomic E-state index is 0.250. The molecule has 0 spiro atoms. The lowest BCUT2D eigenvalue weighted by molar-refractivity contribution is 0.0462. The third-order valence-electron chi connectivity index (χ3n) is 5.56. The Morgan fingerprint density at radius 2 is 1.96 bits per heavy atom. The first-order valence-electron chi connectivity index (χ1n) is 9.30. The molecule has 0 saturated carbocycles. The van der Waals surface area contributed by atoms with Crippen molar-refractivity contribution in [2.24, 2.45) is 0 Å². The van der Waals surface area contributed by atoms with Crippen LogP contribution in [0.25, 0.3) is 0 Å². The second-order valence-electron chi connectivity index (χ2n) is 7.27. The molecule has 3 rings (SSSR count). The van der Waals surface area contributed by atoms with Crippen molar-refractivity contribution in [2.45, 2.75) is 51.2 Å². The van der Waals surface area contributed by atoms with E-state index in [0.717, 1.165) is 31.9 Å². The first-order valence-corrected chi connectivity index (χ1v) is 9.30. The fourth-order valence-electron chi connectivity index (χ4n) is 4.15. The Labute approximate surface area is 145 Å². The van der Waals surface area contributed by atoms with Gasteiger partial charge < -0.3 is 14.9 Å². The van der Waals surface area contributed by atoms with Gasteiger partial charge >= 0.3 is 0 Å². The van der Waals surface area contributed by atoms with Gasteiger partial charge in [0.1, 0.15) is 5.82 Å². The molecule has 2 saturated heterocycles. The molecule has 0 aromatic carbocycles. The Morgan fingerprint density at radius 3 is 2.58 bits per heavy atom. The summed E-state index contributed by atoms with van der Waals surface area (Å²) in [5.41, 5.74) is 0. The summed E-state index contributed by atoms with van der Waals surface area (Å²) in [5, 5.41) is 9.52. The molecule has 0 unspecified atom stereocenters. The lowest BCUT2D eigenvalue weighted by atomic mass is 9.97. The number of piperazine rings is 1. The molecule has 6 heteroatoms. The third-order valence-corrected chi connectivity index (χ3v) is 5.56. The number of piperidine rings is 1. The largest absolute Gasteiger partial charge is 0.396 e. The summed E-state index contributed by atoms with van der Waals surface area (Å²) in [4.78, 5) is 16.2. The van der Waals surface area contributed by atoms with Gasteiger partial charge in [0.2, 0.25) is 0 Å². The predicted octanol–water partition coefficient (Wildman–Crippen LogP) is 1.22. The van der Waals surface area contributed by atoms with E-state index in [4.69, 9.17) is 0 Å². The van der Waals surface area contributed by atoms with Gasteiger partial charge in [-0.1, -0.05) is 0 Å². The zero-order valence-electron chi connectivity index (χ0n) is 15.0. The van der Waals surface area contributed by atoms with Gasteiger partial charge in [0.25, 0.3) is 0 Å². The quantitative estimate of drug-likeness (QED) is 0.874. The lowest BCUT2D eigenvalue weighted by Gasteiger charge is -2.48. The average Bonchev–Trinajstić information content (AvgIpc) is 2.63. The molecule has 0 radical (unpaired) electrons. The highest BCUT2D eigenvalue weighted by Gasteiger charge is 2.34. The number of anilines is 1. The maximum atomic E-state index is 9.52. The molecule has 0 bridgehead atoms. The molecule has 0 amide bonds. The summed E-state index contributed by atoms with van der Waals surface area (Å²) < 4.78 is 0. The van der Waals surface area contributed by atoms with Crippen LogP contribution in [0.2, 0.25) is 0 Å². The average molecular weight is 333 g/mol. The van der Waals surface area contributed by atoms with Gasteiger partial charge in [-0.25, -0.2) is 4.98 Å². The molecule has 2 aliphatic heterocycles. The summed E-state index contributed by atoms with van der Waals surface area (Å²) >= 11 is 0. The van der Waals surface area contributed by atoms with Gasteiger partial charge in [0.15, 0.2) is 0 Å². The summed E-state index contributed by atoms with van der Waals surface area (Å²) in [5.74, 6) is 0.953. The molecule has 2 fully saturated rings. The van der Waals surface area contributed by atoms with Crippen LogP contribution in [0.4, 0.5) is 5.82 Å². The van der Waals surface area contributed by atoms with Crippen LogP contribution in [-0.4, -0.2) is 82.3 Å². The molecular formula is C18H31N5O. The number of aromatic nitrogens is 2. The second-order valence-corrected chi connectivity index (χ2v) is 7.27. The van der Waals surface area contributed by atoms with E-state index in [1.807, 2.05) is 6.20 Å². The van der Waals surface area contributed by atoms with Crippen molar-refractivity contribution in [1.29, 1.82) is 0 Å². The Bertz CT molecular complexity index is 489. The van der Waals surface area contributed by atoms with Crippen molar-refractivity contribution < 1.29 is 5.11 Å². The van der Waals surface area contributed by atoms with Crippen LogP contribution in [0.3, 0.4) is 0 Å². The number of hydrogen-bond acceptors (Lipinski definition) is 6. The van der Waals surface area contributed by atoms with E-state index >= 15 is 0 Å². The highest BCUT2D eigenvalue weighted by atomic mass is 16.3. The Morgan fingerprint density at radius 1 is 1.17 bits per heavy atom. The minimum Gasteiger partial charge on any atom is -0.396 e. The monoisotopic (exact) mass is 333 g/mol. The van der Waals surface area contributed by atoms with Crippen LogP contribution in [-0.2, 0) is 0 Å². The van der Waals surface area contributed by atoms with Crippen molar-refractivity contribution >= 4 is 5.82 Å². The van der Waals surface area contributed by atoms with E-state index in [-0.39, 0.29) is 6.61 Å². The molecule has 1 aromatic rings. The molecule has 1 aromatic heterocycles. The van der Waals surface area contributed by atoms with E-state index in [2.05, 4.69) is 38.5 Å². The summed E-state index contributed by atoms with van der Waals surface area (Å²) in [6.45, 7) is 10.2. The molecule has 2 aliphatic rings. The van der Waals surface area contributed by atoms with Crippen LogP contribution < -0.4 is 4.90 Å². The predicted molar refractivity (Wildman–Crippen MR) is 96.2 cm³/mol. The van der Waals surface area contributed by atoms with E-state index < -0.39 is 0 Å². The van der Waals surface area contributed by atoms with Crippen LogP contribution >= 0.6 is 0 Å². The van der Waals surface area contributed by atoms with Crippen LogP contribution in [0.1, 0.15) is 33.1 Å².